The van der Waals surface area contributed by atoms with Crippen LogP contribution in [0, 0.1) is 0 Å². The molecule has 0 radical (unpaired) electrons. The number of hydrogen-bond acceptors (Lipinski definition) is 4. The largest absolute Gasteiger partial charge is 0.486 e. The lowest BCUT2D eigenvalue weighted by molar-refractivity contribution is 0.296. The SMILES string of the molecule is CC(C)c1ccc(OCc2nccc(N)n2)cc1. The third kappa shape index (κ3) is 3.20. The number of nitrogens with zero attached hydrogens (tertiary/aromatic N) is 2. The van der Waals surface area contributed by atoms with Gasteiger partial charge in [-0.3, -0.25) is 0 Å². The highest BCUT2D eigenvalue weighted by Crippen LogP contribution is 2.19. The first-order valence-electron chi connectivity index (χ1n) is 5.95. The van der Waals surface area contributed by atoms with Gasteiger partial charge in [0.2, 0.25) is 0 Å². The Balaban J connectivity index is 1.98. The van der Waals surface area contributed by atoms with E-state index in [2.05, 4.69) is 35.9 Å². The van der Waals surface area contributed by atoms with Crippen LogP contribution in [0.25, 0.3) is 0 Å². The topological polar surface area (TPSA) is 61.0 Å². The average Bonchev–Trinajstić information content (AvgIpc) is 2.37. The maximum absolute atomic E-state index is 5.60. The van der Waals surface area contributed by atoms with Crippen LogP contribution in [0.1, 0.15) is 31.2 Å². The van der Waals surface area contributed by atoms with Crippen LogP contribution in [0.4, 0.5) is 5.82 Å². The minimum atomic E-state index is 0.325. The highest BCUT2D eigenvalue weighted by molar-refractivity contribution is 5.29. The van der Waals surface area contributed by atoms with Crippen molar-refractivity contribution in [3.05, 3.63) is 47.9 Å². The third-order valence-electron chi connectivity index (χ3n) is 2.64. The van der Waals surface area contributed by atoms with Gasteiger partial charge in [-0.2, -0.15) is 0 Å². The van der Waals surface area contributed by atoms with Crippen molar-refractivity contribution in [1.82, 2.24) is 9.97 Å². The molecule has 1 aromatic carbocycles. The summed E-state index contributed by atoms with van der Waals surface area (Å²) in [6.45, 7) is 4.65. The molecule has 4 nitrogen and oxygen atoms in total. The van der Waals surface area contributed by atoms with Crippen molar-refractivity contribution < 1.29 is 4.74 Å². The van der Waals surface area contributed by atoms with E-state index in [9.17, 15) is 0 Å². The number of rotatable bonds is 4. The van der Waals surface area contributed by atoms with E-state index in [0.29, 0.717) is 24.2 Å². The zero-order chi connectivity index (χ0) is 13.0. The fourth-order valence-corrected chi connectivity index (χ4v) is 1.58. The number of hydrogen-bond donors (Lipinski definition) is 1. The fraction of sp³-hybridized carbons (Fsp3) is 0.286. The second kappa shape index (κ2) is 5.49. The fourth-order valence-electron chi connectivity index (χ4n) is 1.58. The summed E-state index contributed by atoms with van der Waals surface area (Å²) in [6, 6.07) is 9.71. The summed E-state index contributed by atoms with van der Waals surface area (Å²) in [6.07, 6.45) is 1.63. The summed E-state index contributed by atoms with van der Waals surface area (Å²) in [5, 5.41) is 0. The lowest BCUT2D eigenvalue weighted by atomic mass is 10.0. The number of nitrogen functional groups attached to an aromatic ring is 1. The molecule has 0 aliphatic heterocycles. The molecule has 0 atom stereocenters. The van der Waals surface area contributed by atoms with Gasteiger partial charge in [0, 0.05) is 6.20 Å². The van der Waals surface area contributed by atoms with Crippen LogP contribution < -0.4 is 10.5 Å². The predicted octanol–water partition coefficient (Wildman–Crippen LogP) is 2.76. The Morgan fingerprint density at radius 2 is 1.89 bits per heavy atom. The van der Waals surface area contributed by atoms with Crippen LogP contribution in [-0.4, -0.2) is 9.97 Å². The number of ether oxygens (including phenoxy) is 1. The highest BCUT2D eigenvalue weighted by Gasteiger charge is 2.01. The Morgan fingerprint density at radius 1 is 1.17 bits per heavy atom. The van der Waals surface area contributed by atoms with Gasteiger partial charge >= 0.3 is 0 Å². The van der Waals surface area contributed by atoms with Gasteiger partial charge in [0.05, 0.1) is 0 Å². The first-order chi connectivity index (χ1) is 8.65. The Hall–Kier alpha value is -2.10. The van der Waals surface area contributed by atoms with Crippen molar-refractivity contribution >= 4 is 5.82 Å². The van der Waals surface area contributed by atoms with Crippen LogP contribution in [0.2, 0.25) is 0 Å². The Kier molecular flexibility index (Phi) is 3.77. The molecule has 0 amide bonds. The first kappa shape index (κ1) is 12.4. The Morgan fingerprint density at radius 3 is 2.50 bits per heavy atom. The van der Waals surface area contributed by atoms with Gasteiger partial charge in [0.15, 0.2) is 5.82 Å². The second-order valence-corrected chi connectivity index (χ2v) is 4.41. The molecule has 94 valence electrons. The summed E-state index contributed by atoms with van der Waals surface area (Å²) in [7, 11) is 0. The molecule has 0 unspecified atom stereocenters. The molecule has 0 bridgehead atoms. The highest BCUT2D eigenvalue weighted by atomic mass is 16.5. The molecule has 2 rings (SSSR count). The van der Waals surface area contributed by atoms with E-state index in [0.717, 1.165) is 5.75 Å². The summed E-state index contributed by atoms with van der Waals surface area (Å²) < 4.78 is 5.60. The minimum absolute atomic E-state index is 0.325. The smallest absolute Gasteiger partial charge is 0.168 e. The van der Waals surface area contributed by atoms with E-state index >= 15 is 0 Å². The first-order valence-corrected chi connectivity index (χ1v) is 5.95. The lowest BCUT2D eigenvalue weighted by Gasteiger charge is -2.08. The molecule has 1 aromatic heterocycles. The average molecular weight is 243 g/mol. The van der Waals surface area contributed by atoms with E-state index in [1.807, 2.05) is 12.1 Å². The van der Waals surface area contributed by atoms with Crippen molar-refractivity contribution in [2.45, 2.75) is 26.4 Å². The standard InChI is InChI=1S/C14H17N3O/c1-10(2)11-3-5-12(6-4-11)18-9-14-16-8-7-13(15)17-14/h3-8,10H,9H2,1-2H3,(H2,15,16,17). The Labute approximate surface area is 107 Å². The third-order valence-corrected chi connectivity index (χ3v) is 2.64. The van der Waals surface area contributed by atoms with Crippen LogP contribution in [-0.2, 0) is 6.61 Å². The second-order valence-electron chi connectivity index (χ2n) is 4.41. The maximum Gasteiger partial charge on any atom is 0.168 e. The summed E-state index contributed by atoms with van der Waals surface area (Å²) in [5.41, 5.74) is 6.87. The van der Waals surface area contributed by atoms with Crippen molar-refractivity contribution in [3.63, 3.8) is 0 Å². The van der Waals surface area contributed by atoms with Crippen molar-refractivity contribution in [2.75, 3.05) is 5.73 Å². The van der Waals surface area contributed by atoms with Crippen LogP contribution in [0.15, 0.2) is 36.5 Å². The monoisotopic (exact) mass is 243 g/mol. The molecule has 0 spiro atoms. The van der Waals surface area contributed by atoms with E-state index in [1.54, 1.807) is 12.3 Å². The molecule has 2 N–H and O–H groups in total. The molecule has 0 saturated heterocycles. The van der Waals surface area contributed by atoms with Gasteiger partial charge in [-0.25, -0.2) is 9.97 Å². The minimum Gasteiger partial charge on any atom is -0.486 e. The Bertz CT molecular complexity index is 509. The summed E-state index contributed by atoms with van der Waals surface area (Å²) in [4.78, 5) is 8.16. The molecule has 2 aromatic rings. The number of anilines is 1. The molecule has 4 heteroatoms. The van der Waals surface area contributed by atoms with Crippen molar-refractivity contribution in [3.8, 4) is 5.75 Å². The lowest BCUT2D eigenvalue weighted by Crippen LogP contribution is -2.03. The van der Waals surface area contributed by atoms with Gasteiger partial charge in [0.25, 0.3) is 0 Å². The summed E-state index contributed by atoms with van der Waals surface area (Å²) >= 11 is 0. The molecular formula is C14H17N3O. The molecule has 0 aliphatic carbocycles. The van der Waals surface area contributed by atoms with E-state index in [1.165, 1.54) is 5.56 Å². The number of nitrogens with two attached hydrogens (primary N) is 1. The van der Waals surface area contributed by atoms with Crippen molar-refractivity contribution in [2.24, 2.45) is 0 Å². The molecule has 1 heterocycles. The maximum atomic E-state index is 5.60. The van der Waals surface area contributed by atoms with Crippen LogP contribution in [0.5, 0.6) is 5.75 Å². The molecular weight excluding hydrogens is 226 g/mol. The van der Waals surface area contributed by atoms with Gasteiger partial charge in [0.1, 0.15) is 18.2 Å². The van der Waals surface area contributed by atoms with E-state index in [4.69, 9.17) is 10.5 Å². The van der Waals surface area contributed by atoms with Gasteiger partial charge < -0.3 is 10.5 Å². The van der Waals surface area contributed by atoms with Crippen LogP contribution in [0.3, 0.4) is 0 Å². The van der Waals surface area contributed by atoms with Gasteiger partial charge in [-0.05, 0) is 29.7 Å². The van der Waals surface area contributed by atoms with Crippen molar-refractivity contribution in [1.29, 1.82) is 0 Å². The molecule has 18 heavy (non-hydrogen) atoms. The molecule has 0 saturated carbocycles. The normalized spacial score (nSPS) is 10.6. The number of benzene rings is 1. The number of aromatic nitrogens is 2. The molecule has 0 fully saturated rings. The molecule has 0 aliphatic rings. The van der Waals surface area contributed by atoms with Gasteiger partial charge in [-0.15, -0.1) is 0 Å². The zero-order valence-corrected chi connectivity index (χ0v) is 10.6. The zero-order valence-electron chi connectivity index (χ0n) is 10.6. The predicted molar refractivity (Wildman–Crippen MR) is 71.3 cm³/mol. The summed E-state index contributed by atoms with van der Waals surface area (Å²) in [5.74, 6) is 2.38. The van der Waals surface area contributed by atoms with E-state index in [-0.39, 0.29) is 0 Å². The van der Waals surface area contributed by atoms with Gasteiger partial charge in [-0.1, -0.05) is 26.0 Å². The van der Waals surface area contributed by atoms with E-state index < -0.39 is 0 Å². The van der Waals surface area contributed by atoms with Crippen LogP contribution >= 0.6 is 0 Å². The quantitative estimate of drug-likeness (QED) is 0.897.